The van der Waals surface area contributed by atoms with Gasteiger partial charge in [0.2, 0.25) is 5.91 Å². The van der Waals surface area contributed by atoms with Crippen molar-refractivity contribution in [2.75, 3.05) is 20.2 Å². The molecule has 0 bridgehead atoms. The van der Waals surface area contributed by atoms with E-state index in [0.717, 1.165) is 102 Å². The average Bonchev–Trinajstić information content (AvgIpc) is 3.65. The van der Waals surface area contributed by atoms with Crippen LogP contribution in [0.1, 0.15) is 129 Å². The Balaban J connectivity index is 0.994. The third kappa shape index (κ3) is 6.31. The van der Waals surface area contributed by atoms with Gasteiger partial charge in [0, 0.05) is 37.3 Å². The summed E-state index contributed by atoms with van der Waals surface area (Å²) in [5.74, 6) is 1.99. The molecule has 4 fully saturated rings. The minimum absolute atomic E-state index is 0.0130. The zero-order valence-electron chi connectivity index (χ0n) is 36.9. The first kappa shape index (κ1) is 40.9. The molecule has 3 saturated carbocycles. The van der Waals surface area contributed by atoms with Crippen molar-refractivity contribution in [3.63, 3.8) is 0 Å². The second-order valence-corrected chi connectivity index (χ2v) is 23.6. The molecule has 0 radical (unpaired) electrons. The fourth-order valence-corrected chi connectivity index (χ4v) is 15.6. The number of likely N-dealkylation sites (tertiary alicyclic amines) is 1. The lowest BCUT2D eigenvalue weighted by molar-refractivity contribution is -0.168. The topological polar surface area (TPSA) is 93.5 Å². The van der Waals surface area contributed by atoms with E-state index in [1.54, 1.807) is 36.9 Å². The number of ether oxygens (including phenoxy) is 1. The van der Waals surface area contributed by atoms with Crippen molar-refractivity contribution in [2.45, 2.75) is 142 Å². The maximum Gasteiger partial charge on any atom is 0.282 e. The number of nitrogens with zero attached hydrogens (tertiary/aromatic N) is 3. The van der Waals surface area contributed by atoms with Crippen LogP contribution in [0.4, 0.5) is 0 Å². The Morgan fingerprint density at radius 3 is 2.25 bits per heavy atom. The molecule has 0 spiro atoms. The van der Waals surface area contributed by atoms with Gasteiger partial charge in [-0.05, 0) is 145 Å². The smallest absolute Gasteiger partial charge is 0.282 e. The minimum atomic E-state index is -3.87. The Labute approximate surface area is 354 Å². The van der Waals surface area contributed by atoms with E-state index in [9.17, 15) is 13.2 Å². The van der Waals surface area contributed by atoms with E-state index < -0.39 is 10.0 Å². The van der Waals surface area contributed by atoms with Crippen molar-refractivity contribution < 1.29 is 17.9 Å². The molecule has 5 aliphatic carbocycles. The van der Waals surface area contributed by atoms with Crippen molar-refractivity contribution in [3.05, 3.63) is 89.3 Å². The van der Waals surface area contributed by atoms with Gasteiger partial charge in [-0.15, -0.1) is 0 Å². The highest BCUT2D eigenvalue weighted by atomic mass is 32.2. The fraction of sp³-hybridized carbons (Fsp3) is 0.640. The summed E-state index contributed by atoms with van der Waals surface area (Å²) in [5, 5.41) is 8.61. The maximum absolute atomic E-state index is 15.0. The van der Waals surface area contributed by atoms with E-state index in [1.165, 1.54) is 9.65 Å². The van der Waals surface area contributed by atoms with Gasteiger partial charge < -0.3 is 10.1 Å². The number of amides is 1. The first-order chi connectivity index (χ1) is 27.9. The van der Waals surface area contributed by atoms with Crippen molar-refractivity contribution in [1.29, 1.82) is 0 Å². The minimum Gasteiger partial charge on any atom is -0.497 e. The molecule has 1 saturated heterocycles. The number of methoxy groups -OCH3 is 1. The van der Waals surface area contributed by atoms with Gasteiger partial charge in [-0.2, -0.15) is 17.6 Å². The summed E-state index contributed by atoms with van der Waals surface area (Å²) in [6, 6.07) is 17.6. The second kappa shape index (κ2) is 14.1. The van der Waals surface area contributed by atoms with Crippen LogP contribution in [0.15, 0.2) is 77.3 Å². The van der Waals surface area contributed by atoms with Crippen molar-refractivity contribution in [2.24, 2.45) is 44.8 Å². The summed E-state index contributed by atoms with van der Waals surface area (Å²) in [6.07, 6.45) is 15.7. The van der Waals surface area contributed by atoms with Crippen LogP contribution in [0.3, 0.4) is 0 Å². The molecule has 9 heteroatoms. The normalized spacial score (nSPS) is 35.2. The summed E-state index contributed by atoms with van der Waals surface area (Å²) in [5.41, 5.74) is 4.48. The van der Waals surface area contributed by atoms with Gasteiger partial charge in [0.1, 0.15) is 5.75 Å². The van der Waals surface area contributed by atoms with Gasteiger partial charge >= 0.3 is 0 Å². The summed E-state index contributed by atoms with van der Waals surface area (Å²) in [6.45, 7) is 20.2. The SMILES string of the molecule is COc1ccc(S(=O)(=O)n2cc3c(n2)C(C)(C)[C@@H]2CC[C@]4(C)[C@H](CC=C5[C@@H]6CC(C)(C)CC[C@]6(C(=O)NC6CCN(Cc7ccccc7)CC6)CC[C@]54C)[C@@]2(C)C3)cc1. The van der Waals surface area contributed by atoms with Crippen LogP contribution < -0.4 is 10.1 Å². The lowest BCUT2D eigenvalue weighted by atomic mass is 9.33. The van der Waals surface area contributed by atoms with Gasteiger partial charge in [0.25, 0.3) is 10.0 Å². The molecule has 8 nitrogen and oxygen atoms in total. The number of carbonyl (C=O) groups excluding carboxylic acids is 1. The Hall–Kier alpha value is -3.43. The molecule has 59 heavy (non-hydrogen) atoms. The average molecular weight is 821 g/mol. The highest BCUT2D eigenvalue weighted by Gasteiger charge is 2.69. The Morgan fingerprint density at radius 2 is 1.56 bits per heavy atom. The molecule has 2 aromatic carbocycles. The molecular weight excluding hydrogens is 753 g/mol. The lowest BCUT2D eigenvalue weighted by Gasteiger charge is -2.70. The number of allylic oxidation sites excluding steroid dienone is 2. The quantitative estimate of drug-likeness (QED) is 0.239. The summed E-state index contributed by atoms with van der Waals surface area (Å²) >= 11 is 0. The lowest BCUT2D eigenvalue weighted by Crippen LogP contribution is -2.65. The third-order valence-electron chi connectivity index (χ3n) is 18.0. The molecule has 1 amide bonds. The van der Waals surface area contributed by atoms with Gasteiger partial charge in [-0.3, -0.25) is 9.69 Å². The van der Waals surface area contributed by atoms with E-state index in [-0.39, 0.29) is 49.3 Å². The summed E-state index contributed by atoms with van der Waals surface area (Å²) < 4.78 is 34.5. The first-order valence-electron chi connectivity index (χ1n) is 22.6. The number of fused-ring (bicyclic) bond motifs is 8. The molecule has 1 N–H and O–H groups in total. The molecule has 1 aliphatic heterocycles. The van der Waals surface area contributed by atoms with Crippen LogP contribution in [0.5, 0.6) is 5.75 Å². The molecule has 2 heterocycles. The van der Waals surface area contributed by atoms with Gasteiger partial charge in [0.05, 0.1) is 23.1 Å². The summed E-state index contributed by atoms with van der Waals surface area (Å²) in [7, 11) is -2.29. The molecule has 1 aromatic heterocycles. The van der Waals surface area contributed by atoms with Crippen LogP contribution in [-0.2, 0) is 33.2 Å². The zero-order valence-corrected chi connectivity index (χ0v) is 37.8. The predicted octanol–water partition coefficient (Wildman–Crippen LogP) is 9.72. The van der Waals surface area contributed by atoms with Crippen molar-refractivity contribution >= 4 is 15.9 Å². The molecule has 7 atom stereocenters. The van der Waals surface area contributed by atoms with E-state index in [4.69, 9.17) is 9.84 Å². The number of rotatable bonds is 7. The molecule has 6 aliphatic rings. The number of benzene rings is 2. The number of piperidine rings is 1. The summed E-state index contributed by atoms with van der Waals surface area (Å²) in [4.78, 5) is 17.7. The largest absolute Gasteiger partial charge is 0.497 e. The Kier molecular flexibility index (Phi) is 9.75. The maximum atomic E-state index is 15.0. The van der Waals surface area contributed by atoms with Crippen LogP contribution in [-0.4, -0.2) is 54.7 Å². The Bertz CT molecular complexity index is 2240. The van der Waals surface area contributed by atoms with Crippen molar-refractivity contribution in [3.8, 4) is 5.75 Å². The zero-order chi connectivity index (χ0) is 41.8. The number of aromatic nitrogens is 2. The van der Waals surface area contributed by atoms with Crippen LogP contribution in [0.25, 0.3) is 0 Å². The second-order valence-electron chi connectivity index (χ2n) is 21.8. The first-order valence-corrected chi connectivity index (χ1v) is 24.1. The van der Waals surface area contributed by atoms with E-state index in [1.807, 2.05) is 6.20 Å². The van der Waals surface area contributed by atoms with Crippen molar-refractivity contribution in [1.82, 2.24) is 19.4 Å². The number of hydrogen-bond donors (Lipinski definition) is 1. The molecule has 0 unspecified atom stereocenters. The molecule has 318 valence electrons. The number of hydrogen-bond acceptors (Lipinski definition) is 6. The van der Waals surface area contributed by atoms with Crippen LogP contribution in [0.2, 0.25) is 0 Å². The predicted molar refractivity (Wildman–Crippen MR) is 233 cm³/mol. The Morgan fingerprint density at radius 1 is 0.864 bits per heavy atom. The standard InChI is InChI=1S/C50H68N4O4S/c1-45(2)24-26-50(44(55)51-36-21-28-53(29-22-36)32-34-12-10-9-11-13-34)27-25-48(6)39(40(50)31-45)18-19-42-47(5)30-35-33-54(59(56,57)38-16-14-37(58-8)15-17-38)52-43(35)46(3,4)41(47)20-23-49(42,48)7/h9-18,33,36,40-42H,19-32H2,1-8H3,(H,51,55)/t40-,41-,42+,47-,48+,49+,50-/m0/s1. The third-order valence-corrected chi connectivity index (χ3v) is 19.5. The van der Waals surface area contributed by atoms with Gasteiger partial charge in [-0.25, -0.2) is 0 Å². The highest BCUT2D eigenvalue weighted by molar-refractivity contribution is 7.89. The number of carbonyl (C=O) groups is 1. The highest BCUT2D eigenvalue weighted by Crippen LogP contribution is 2.75. The van der Waals surface area contributed by atoms with Crippen LogP contribution >= 0.6 is 0 Å². The van der Waals surface area contributed by atoms with Gasteiger partial charge in [0.15, 0.2) is 0 Å². The molecular formula is C50H68N4O4S. The molecule has 3 aromatic rings. The fourth-order valence-electron chi connectivity index (χ4n) is 14.5. The van der Waals surface area contributed by atoms with E-state index in [0.29, 0.717) is 23.5 Å². The van der Waals surface area contributed by atoms with E-state index in [2.05, 4.69) is 95.1 Å². The van der Waals surface area contributed by atoms with Gasteiger partial charge in [-0.1, -0.05) is 90.4 Å². The van der Waals surface area contributed by atoms with Crippen LogP contribution in [0, 0.1) is 44.8 Å². The monoisotopic (exact) mass is 820 g/mol. The number of nitrogens with one attached hydrogen (secondary N) is 1. The van der Waals surface area contributed by atoms with E-state index >= 15 is 0 Å². The molecule has 9 rings (SSSR count).